The number of carbonyl (C=O) groups is 1. The number of nitriles is 1. The standard InChI is InChI=1S/C8H13NO4S/c1-7(2)13-8(10)6-14(11,12)5-3-4-9/h7H,3,5-6H2,1-2H3. The normalized spacial score (nSPS) is 11.0. The van der Waals surface area contributed by atoms with Gasteiger partial charge in [0.05, 0.1) is 17.9 Å². The van der Waals surface area contributed by atoms with Crippen LogP contribution in [0.15, 0.2) is 0 Å². The van der Waals surface area contributed by atoms with Gasteiger partial charge in [0.2, 0.25) is 0 Å². The van der Waals surface area contributed by atoms with Crippen LogP contribution in [0.1, 0.15) is 20.3 Å². The Morgan fingerprint density at radius 2 is 2.07 bits per heavy atom. The second-order valence-electron chi connectivity index (χ2n) is 3.04. The van der Waals surface area contributed by atoms with E-state index in [9.17, 15) is 13.2 Å². The van der Waals surface area contributed by atoms with Gasteiger partial charge in [0.25, 0.3) is 0 Å². The maximum Gasteiger partial charge on any atom is 0.321 e. The van der Waals surface area contributed by atoms with E-state index in [1.165, 1.54) is 0 Å². The molecule has 0 aliphatic rings. The number of sulfone groups is 1. The lowest BCUT2D eigenvalue weighted by atomic mass is 10.5. The molecule has 0 aliphatic carbocycles. The van der Waals surface area contributed by atoms with Gasteiger partial charge in [-0.3, -0.25) is 4.79 Å². The Labute approximate surface area is 83.6 Å². The number of carbonyl (C=O) groups excluding carboxylic acids is 1. The van der Waals surface area contributed by atoms with Gasteiger partial charge >= 0.3 is 5.97 Å². The zero-order valence-corrected chi connectivity index (χ0v) is 9.00. The topological polar surface area (TPSA) is 84.2 Å². The zero-order valence-electron chi connectivity index (χ0n) is 8.19. The Morgan fingerprint density at radius 1 is 1.50 bits per heavy atom. The van der Waals surface area contributed by atoms with Crippen molar-refractivity contribution in [3.8, 4) is 6.07 Å². The van der Waals surface area contributed by atoms with Gasteiger partial charge in [-0.05, 0) is 13.8 Å². The number of esters is 1. The van der Waals surface area contributed by atoms with Gasteiger partial charge in [-0.2, -0.15) is 5.26 Å². The van der Waals surface area contributed by atoms with Crippen molar-refractivity contribution in [3.63, 3.8) is 0 Å². The summed E-state index contributed by atoms with van der Waals surface area (Å²) in [5.74, 6) is -1.71. The van der Waals surface area contributed by atoms with Crippen molar-refractivity contribution in [3.05, 3.63) is 0 Å². The third-order valence-corrected chi connectivity index (χ3v) is 2.73. The average Bonchev–Trinajstić information content (AvgIpc) is 1.98. The van der Waals surface area contributed by atoms with Crippen molar-refractivity contribution in [1.82, 2.24) is 0 Å². The van der Waals surface area contributed by atoms with E-state index in [-0.39, 0.29) is 18.3 Å². The average molecular weight is 219 g/mol. The van der Waals surface area contributed by atoms with Crippen molar-refractivity contribution in [1.29, 1.82) is 5.26 Å². The summed E-state index contributed by atoms with van der Waals surface area (Å²) in [7, 11) is -3.49. The molecule has 0 aliphatic heterocycles. The van der Waals surface area contributed by atoms with Crippen LogP contribution in [0.2, 0.25) is 0 Å². The third kappa shape index (κ3) is 6.43. The Morgan fingerprint density at radius 3 is 2.50 bits per heavy atom. The fourth-order valence-electron chi connectivity index (χ4n) is 0.750. The molecule has 0 N–H and O–H groups in total. The second kappa shape index (κ2) is 5.60. The molecule has 0 heterocycles. The Balaban J connectivity index is 4.11. The molecule has 0 aromatic rings. The van der Waals surface area contributed by atoms with Gasteiger partial charge in [-0.25, -0.2) is 8.42 Å². The maximum absolute atomic E-state index is 11.1. The molecule has 0 rings (SSSR count). The summed E-state index contributed by atoms with van der Waals surface area (Å²) >= 11 is 0. The highest BCUT2D eigenvalue weighted by atomic mass is 32.2. The van der Waals surface area contributed by atoms with Gasteiger partial charge in [0, 0.05) is 6.42 Å². The lowest BCUT2D eigenvalue weighted by molar-refractivity contribution is -0.144. The molecule has 5 nitrogen and oxygen atoms in total. The highest BCUT2D eigenvalue weighted by Crippen LogP contribution is 1.97. The number of hydrogen-bond acceptors (Lipinski definition) is 5. The molecule has 0 fully saturated rings. The van der Waals surface area contributed by atoms with Crippen LogP contribution in [-0.2, 0) is 19.4 Å². The molecule has 0 saturated carbocycles. The molecule has 0 amide bonds. The first-order chi connectivity index (χ1) is 6.37. The first-order valence-electron chi connectivity index (χ1n) is 4.14. The van der Waals surface area contributed by atoms with Crippen molar-refractivity contribution < 1.29 is 17.9 Å². The minimum Gasteiger partial charge on any atom is -0.462 e. The van der Waals surface area contributed by atoms with Gasteiger partial charge in [0.15, 0.2) is 9.84 Å². The number of hydrogen-bond donors (Lipinski definition) is 0. The van der Waals surface area contributed by atoms with E-state index in [4.69, 9.17) is 5.26 Å². The largest absolute Gasteiger partial charge is 0.462 e. The summed E-state index contributed by atoms with van der Waals surface area (Å²) in [6.45, 7) is 3.28. The minimum absolute atomic E-state index is 0.0999. The SMILES string of the molecule is CC(C)OC(=O)CS(=O)(=O)CCC#N. The molecule has 0 radical (unpaired) electrons. The van der Waals surface area contributed by atoms with Gasteiger partial charge < -0.3 is 4.74 Å². The lowest BCUT2D eigenvalue weighted by Gasteiger charge is -2.07. The Kier molecular flexibility index (Phi) is 5.16. The fourth-order valence-corrected chi connectivity index (χ4v) is 1.72. The lowest BCUT2D eigenvalue weighted by Crippen LogP contribution is -2.23. The monoisotopic (exact) mass is 219 g/mol. The molecule has 0 unspecified atom stereocenters. The van der Waals surface area contributed by atoms with Crippen LogP contribution >= 0.6 is 0 Å². The Hall–Kier alpha value is -1.09. The predicted molar refractivity (Wildman–Crippen MR) is 50.1 cm³/mol. The van der Waals surface area contributed by atoms with E-state index in [0.29, 0.717) is 0 Å². The summed E-state index contributed by atoms with van der Waals surface area (Å²) in [4.78, 5) is 10.9. The summed E-state index contributed by atoms with van der Waals surface area (Å²) in [6.07, 6.45) is -0.425. The summed E-state index contributed by atoms with van der Waals surface area (Å²) in [5.41, 5.74) is 0. The minimum atomic E-state index is -3.49. The van der Waals surface area contributed by atoms with Crippen LogP contribution in [0.3, 0.4) is 0 Å². The molecule has 0 aromatic carbocycles. The molecule has 80 valence electrons. The number of ether oxygens (including phenoxy) is 1. The van der Waals surface area contributed by atoms with Crippen LogP contribution in [0.25, 0.3) is 0 Å². The van der Waals surface area contributed by atoms with E-state index in [1.54, 1.807) is 19.9 Å². The molecule has 0 atom stereocenters. The number of rotatable bonds is 5. The van der Waals surface area contributed by atoms with Crippen LogP contribution in [0.4, 0.5) is 0 Å². The van der Waals surface area contributed by atoms with Gasteiger partial charge in [0.1, 0.15) is 5.75 Å². The summed E-state index contributed by atoms with van der Waals surface area (Å²) in [6, 6.07) is 1.71. The van der Waals surface area contributed by atoms with Crippen LogP contribution in [0.5, 0.6) is 0 Å². The van der Waals surface area contributed by atoms with Crippen LogP contribution in [0, 0.1) is 11.3 Å². The molecule has 0 spiro atoms. The molecule has 0 bridgehead atoms. The van der Waals surface area contributed by atoms with E-state index in [1.807, 2.05) is 0 Å². The van der Waals surface area contributed by atoms with Gasteiger partial charge in [-0.15, -0.1) is 0 Å². The molecule has 14 heavy (non-hydrogen) atoms. The number of nitrogens with zero attached hydrogens (tertiary/aromatic N) is 1. The van der Waals surface area contributed by atoms with Crippen molar-refractivity contribution >= 4 is 15.8 Å². The van der Waals surface area contributed by atoms with E-state index in [0.717, 1.165) is 0 Å². The first-order valence-corrected chi connectivity index (χ1v) is 5.96. The Bertz CT molecular complexity index is 326. The van der Waals surface area contributed by atoms with Crippen LogP contribution in [-0.4, -0.2) is 32.0 Å². The van der Waals surface area contributed by atoms with Crippen LogP contribution < -0.4 is 0 Å². The zero-order chi connectivity index (χ0) is 11.2. The van der Waals surface area contributed by atoms with E-state index >= 15 is 0 Å². The predicted octanol–water partition coefficient (Wildman–Crippen LogP) is 0.266. The quantitative estimate of drug-likeness (QED) is 0.619. The van der Waals surface area contributed by atoms with E-state index in [2.05, 4.69) is 4.74 Å². The molecular weight excluding hydrogens is 206 g/mol. The molecule has 0 aromatic heterocycles. The first kappa shape index (κ1) is 12.9. The fraction of sp³-hybridized carbons (Fsp3) is 0.750. The van der Waals surface area contributed by atoms with Crippen molar-refractivity contribution in [2.45, 2.75) is 26.4 Å². The summed E-state index contributed by atoms with van der Waals surface area (Å²) < 4.78 is 26.9. The molecular formula is C8H13NO4S. The highest BCUT2D eigenvalue weighted by molar-refractivity contribution is 7.92. The smallest absolute Gasteiger partial charge is 0.321 e. The van der Waals surface area contributed by atoms with Gasteiger partial charge in [-0.1, -0.05) is 0 Å². The van der Waals surface area contributed by atoms with E-state index < -0.39 is 21.6 Å². The van der Waals surface area contributed by atoms with Crippen molar-refractivity contribution in [2.75, 3.05) is 11.5 Å². The molecule has 0 saturated heterocycles. The highest BCUT2D eigenvalue weighted by Gasteiger charge is 2.18. The summed E-state index contributed by atoms with van der Waals surface area (Å²) in [5, 5.41) is 8.18. The maximum atomic E-state index is 11.1. The molecule has 6 heteroatoms. The van der Waals surface area contributed by atoms with Crippen molar-refractivity contribution in [2.24, 2.45) is 0 Å². The second-order valence-corrected chi connectivity index (χ2v) is 5.22. The third-order valence-electron chi connectivity index (χ3n) is 1.23.